The molecule has 4 heteroatoms. The van der Waals surface area contributed by atoms with Crippen LogP contribution in [-0.2, 0) is 4.79 Å². The van der Waals surface area contributed by atoms with E-state index >= 15 is 0 Å². The Labute approximate surface area is 165 Å². The van der Waals surface area contributed by atoms with Crippen LogP contribution in [0.5, 0.6) is 0 Å². The summed E-state index contributed by atoms with van der Waals surface area (Å²) in [7, 11) is 4.15. The van der Waals surface area contributed by atoms with E-state index in [-0.39, 0.29) is 10.8 Å². The molecule has 0 radical (unpaired) electrons. The number of allylic oxidation sites excluding steroid dienone is 2. The third-order valence-corrected chi connectivity index (χ3v) is 9.21. The maximum atomic E-state index is 12.7. The normalized spacial score (nSPS) is 46.8. The number of amides is 1. The lowest BCUT2D eigenvalue weighted by atomic mass is 9.48. The number of hydrogen-bond acceptors (Lipinski definition) is 3. The molecule has 0 aromatic rings. The Bertz CT molecular complexity index is 655. The highest BCUT2D eigenvalue weighted by molar-refractivity contribution is 5.80. The largest absolute Gasteiger partial charge is 0.390 e. The maximum absolute atomic E-state index is 12.7. The number of hydrogen-bond donors (Lipinski definition) is 1. The number of aliphatic hydroxyl groups is 1. The molecule has 1 saturated heterocycles. The van der Waals surface area contributed by atoms with Crippen LogP contribution in [0.1, 0.15) is 65.7 Å². The Morgan fingerprint density at radius 1 is 1.15 bits per heavy atom. The molecule has 1 heterocycles. The van der Waals surface area contributed by atoms with Gasteiger partial charge in [-0.1, -0.05) is 19.9 Å². The zero-order chi connectivity index (χ0) is 19.6. The van der Waals surface area contributed by atoms with E-state index in [2.05, 4.69) is 50.7 Å². The van der Waals surface area contributed by atoms with Gasteiger partial charge in [0, 0.05) is 30.6 Å². The first kappa shape index (κ1) is 19.4. The lowest BCUT2D eigenvalue weighted by Crippen LogP contribution is -2.56. The number of fused-ring (bicyclic) bond motifs is 5. The molecule has 1 amide bonds. The van der Waals surface area contributed by atoms with Gasteiger partial charge in [0.25, 0.3) is 0 Å². The molecule has 4 nitrogen and oxygen atoms in total. The minimum Gasteiger partial charge on any atom is -0.390 e. The van der Waals surface area contributed by atoms with Crippen LogP contribution in [0.4, 0.5) is 0 Å². The smallest absolute Gasteiger partial charge is 0.226 e. The quantitative estimate of drug-likeness (QED) is 0.820. The summed E-state index contributed by atoms with van der Waals surface area (Å²) in [6.07, 6.45) is 9.59. The van der Waals surface area contributed by atoms with Crippen molar-refractivity contribution in [2.45, 2.75) is 71.3 Å². The Morgan fingerprint density at radius 2 is 1.85 bits per heavy atom. The first-order valence-corrected chi connectivity index (χ1v) is 11.0. The Kier molecular flexibility index (Phi) is 4.55. The van der Waals surface area contributed by atoms with Crippen LogP contribution in [0.3, 0.4) is 0 Å². The molecule has 0 bridgehead atoms. The molecular weight excluding hydrogens is 336 g/mol. The average molecular weight is 375 g/mol. The monoisotopic (exact) mass is 374 g/mol. The lowest BCUT2D eigenvalue weighted by Gasteiger charge is -2.59. The van der Waals surface area contributed by atoms with Gasteiger partial charge in [-0.25, -0.2) is 0 Å². The fraction of sp³-hybridized carbons (Fsp3) is 0.870. The van der Waals surface area contributed by atoms with E-state index in [4.69, 9.17) is 0 Å². The summed E-state index contributed by atoms with van der Waals surface area (Å²) >= 11 is 0. The second kappa shape index (κ2) is 6.32. The van der Waals surface area contributed by atoms with Crippen LogP contribution in [0.25, 0.3) is 0 Å². The van der Waals surface area contributed by atoms with E-state index in [0.29, 0.717) is 30.1 Å². The maximum Gasteiger partial charge on any atom is 0.226 e. The summed E-state index contributed by atoms with van der Waals surface area (Å²) in [5, 5.41) is 11.1. The third-order valence-electron chi connectivity index (χ3n) is 9.21. The highest BCUT2D eigenvalue weighted by Crippen LogP contribution is 2.66. The van der Waals surface area contributed by atoms with Crippen LogP contribution in [0.15, 0.2) is 11.8 Å². The van der Waals surface area contributed by atoms with Crippen LogP contribution < -0.4 is 0 Å². The van der Waals surface area contributed by atoms with Crippen LogP contribution in [-0.4, -0.2) is 53.6 Å². The van der Waals surface area contributed by atoms with E-state index in [0.717, 1.165) is 45.2 Å². The molecule has 0 spiro atoms. The van der Waals surface area contributed by atoms with Gasteiger partial charge in [0.1, 0.15) is 0 Å². The minimum absolute atomic E-state index is 0.0605. The standard InChI is InChI=1S/C23H38N2O2/c1-21-11-10-20(26)25(15-14-24(4)5)19(21)7-6-16-17(21)8-12-22(2)18(16)9-13-23(22,3)27/h7,16-18,27H,6,8-15H2,1-5H3/t16-,17+,18-,21+,22-,23-/m0/s1. The van der Waals surface area contributed by atoms with E-state index in [1.54, 1.807) is 0 Å². The summed E-state index contributed by atoms with van der Waals surface area (Å²) in [4.78, 5) is 17.0. The zero-order valence-corrected chi connectivity index (χ0v) is 17.9. The molecule has 1 aliphatic heterocycles. The molecule has 1 N–H and O–H groups in total. The SMILES string of the molecule is CN(C)CCN1C(=O)CC[C@@]2(C)C1=CC[C@H]1[C@H]2CC[C@@]2(C)[C@H]1CC[C@]2(C)O. The van der Waals surface area contributed by atoms with Gasteiger partial charge in [0.05, 0.1) is 5.60 Å². The molecular formula is C23H38N2O2. The average Bonchev–Trinajstić information content (AvgIpc) is 2.84. The predicted molar refractivity (Wildman–Crippen MR) is 108 cm³/mol. The van der Waals surface area contributed by atoms with Gasteiger partial charge in [0.2, 0.25) is 5.91 Å². The first-order valence-electron chi connectivity index (χ1n) is 11.0. The summed E-state index contributed by atoms with van der Waals surface area (Å²) in [6.45, 7) is 8.56. The number of carbonyl (C=O) groups excluding carboxylic acids is 1. The molecule has 4 aliphatic rings. The fourth-order valence-corrected chi connectivity index (χ4v) is 7.23. The molecule has 2 saturated carbocycles. The van der Waals surface area contributed by atoms with Gasteiger partial charge in [-0.15, -0.1) is 0 Å². The van der Waals surface area contributed by atoms with Crippen LogP contribution >= 0.6 is 0 Å². The molecule has 27 heavy (non-hydrogen) atoms. The van der Waals surface area contributed by atoms with E-state index in [1.807, 2.05) is 0 Å². The molecule has 6 atom stereocenters. The summed E-state index contributed by atoms with van der Waals surface area (Å²) < 4.78 is 0. The van der Waals surface area contributed by atoms with Gasteiger partial charge in [-0.3, -0.25) is 4.79 Å². The Morgan fingerprint density at radius 3 is 2.56 bits per heavy atom. The molecule has 4 rings (SSSR count). The molecule has 0 aromatic heterocycles. The van der Waals surface area contributed by atoms with Gasteiger partial charge in [-0.05, 0) is 82.7 Å². The van der Waals surface area contributed by atoms with E-state index in [9.17, 15) is 9.90 Å². The van der Waals surface area contributed by atoms with Gasteiger partial charge < -0.3 is 14.9 Å². The van der Waals surface area contributed by atoms with Crippen LogP contribution in [0, 0.1) is 28.6 Å². The summed E-state index contributed by atoms with van der Waals surface area (Å²) in [5.74, 6) is 2.24. The Hall–Kier alpha value is -0.870. The van der Waals surface area contributed by atoms with Gasteiger partial charge >= 0.3 is 0 Å². The van der Waals surface area contributed by atoms with Crippen LogP contribution in [0.2, 0.25) is 0 Å². The minimum atomic E-state index is -0.520. The molecule has 3 fully saturated rings. The van der Waals surface area contributed by atoms with Gasteiger partial charge in [-0.2, -0.15) is 0 Å². The Balaban J connectivity index is 1.65. The van der Waals surface area contributed by atoms with Crippen molar-refractivity contribution >= 4 is 5.91 Å². The first-order chi connectivity index (χ1) is 12.6. The second-order valence-corrected chi connectivity index (χ2v) is 10.7. The highest BCUT2D eigenvalue weighted by Gasteiger charge is 2.62. The number of likely N-dealkylation sites (tertiary alicyclic amines) is 1. The van der Waals surface area contributed by atoms with Gasteiger partial charge in [0.15, 0.2) is 0 Å². The van der Waals surface area contributed by atoms with Crippen molar-refractivity contribution in [3.05, 3.63) is 11.8 Å². The van der Waals surface area contributed by atoms with Crippen molar-refractivity contribution in [3.63, 3.8) is 0 Å². The molecule has 0 unspecified atom stereocenters. The number of rotatable bonds is 3. The lowest BCUT2D eigenvalue weighted by molar-refractivity contribution is -0.141. The van der Waals surface area contributed by atoms with Crippen molar-refractivity contribution in [2.75, 3.05) is 27.2 Å². The fourth-order valence-electron chi connectivity index (χ4n) is 7.23. The highest BCUT2D eigenvalue weighted by atomic mass is 16.3. The van der Waals surface area contributed by atoms with Crippen molar-refractivity contribution in [1.82, 2.24) is 9.80 Å². The summed E-state index contributed by atoms with van der Waals surface area (Å²) in [6, 6.07) is 0. The molecule has 152 valence electrons. The molecule has 3 aliphatic carbocycles. The number of carbonyl (C=O) groups is 1. The zero-order valence-electron chi connectivity index (χ0n) is 17.9. The van der Waals surface area contributed by atoms with Crippen molar-refractivity contribution in [3.8, 4) is 0 Å². The third kappa shape index (κ3) is 2.73. The predicted octanol–water partition coefficient (Wildman–Crippen LogP) is 3.66. The second-order valence-electron chi connectivity index (χ2n) is 10.7. The number of likely N-dealkylation sites (N-methyl/N-ethyl adjacent to an activating group) is 1. The topological polar surface area (TPSA) is 43.8 Å². The number of piperidine rings is 1. The number of nitrogens with zero attached hydrogens (tertiary/aromatic N) is 2. The van der Waals surface area contributed by atoms with E-state index < -0.39 is 5.60 Å². The van der Waals surface area contributed by atoms with E-state index in [1.165, 1.54) is 12.1 Å². The molecule has 0 aromatic carbocycles. The van der Waals surface area contributed by atoms with Crippen molar-refractivity contribution in [1.29, 1.82) is 0 Å². The summed E-state index contributed by atoms with van der Waals surface area (Å²) in [5.41, 5.74) is 0.979. The van der Waals surface area contributed by atoms with Crippen molar-refractivity contribution in [2.24, 2.45) is 28.6 Å². The van der Waals surface area contributed by atoms with Crippen molar-refractivity contribution < 1.29 is 9.90 Å².